The third-order valence-corrected chi connectivity index (χ3v) is 4.93. The van der Waals surface area contributed by atoms with Crippen LogP contribution in [0.1, 0.15) is 111 Å². The van der Waals surface area contributed by atoms with Crippen LogP contribution in [0.3, 0.4) is 0 Å². The fourth-order valence-electron chi connectivity index (χ4n) is 3.92. The lowest BCUT2D eigenvalue weighted by molar-refractivity contribution is -0.184. The molecule has 0 saturated heterocycles. The van der Waals surface area contributed by atoms with Crippen molar-refractivity contribution in [1.29, 1.82) is 0 Å². The molecule has 0 aromatic carbocycles. The lowest BCUT2D eigenvalue weighted by Crippen LogP contribution is -2.53. The molecule has 1 nitrogen and oxygen atoms in total. The van der Waals surface area contributed by atoms with Crippen LogP contribution in [0.15, 0.2) is 0 Å². The summed E-state index contributed by atoms with van der Waals surface area (Å²) in [7, 11) is 0. The highest BCUT2D eigenvalue weighted by atomic mass is 19.4. The van der Waals surface area contributed by atoms with Crippen molar-refractivity contribution in [2.24, 2.45) is 0 Å². The number of rotatable bonds is 16. The van der Waals surface area contributed by atoms with Crippen molar-refractivity contribution in [2.75, 3.05) is 0 Å². The fourth-order valence-corrected chi connectivity index (χ4v) is 3.92. The molecule has 0 aliphatic heterocycles. The van der Waals surface area contributed by atoms with Crippen molar-refractivity contribution in [3.05, 3.63) is 0 Å². The van der Waals surface area contributed by atoms with Crippen molar-refractivity contribution in [3.8, 4) is 0 Å². The van der Waals surface area contributed by atoms with Crippen LogP contribution in [0.25, 0.3) is 0 Å². The molecule has 0 rings (SSSR count). The van der Waals surface area contributed by atoms with Crippen LogP contribution in [0.2, 0.25) is 0 Å². The van der Waals surface area contributed by atoms with Gasteiger partial charge in [-0.05, 0) is 6.42 Å². The average molecular weight is 420 g/mol. The molecular weight excluding hydrogens is 380 g/mol. The Labute approximate surface area is 167 Å². The summed E-state index contributed by atoms with van der Waals surface area (Å²) in [6.07, 6.45) is -0.918. The summed E-state index contributed by atoms with van der Waals surface area (Å²) in [5.74, 6) is 0. The van der Waals surface area contributed by atoms with Gasteiger partial charge < -0.3 is 5.32 Å². The Bertz CT molecular complexity index is 360. The summed E-state index contributed by atoms with van der Waals surface area (Å²) in [6, 6.07) is -0.447. The molecule has 0 bridgehead atoms. The number of hydrogen-bond acceptors (Lipinski definition) is 1. The highest BCUT2D eigenvalue weighted by molar-refractivity contribution is 4.93. The molecule has 0 spiro atoms. The van der Waals surface area contributed by atoms with E-state index in [1.54, 1.807) is 13.8 Å². The maximum Gasteiger partial charge on any atom is 0.390 e. The van der Waals surface area contributed by atoms with Gasteiger partial charge in [0, 0.05) is 11.6 Å². The van der Waals surface area contributed by atoms with E-state index in [2.05, 4.69) is 12.2 Å². The van der Waals surface area contributed by atoms with Gasteiger partial charge in [0.2, 0.25) is 0 Å². The van der Waals surface area contributed by atoms with Crippen LogP contribution in [-0.4, -0.2) is 23.9 Å². The van der Waals surface area contributed by atoms with E-state index >= 15 is 0 Å². The topological polar surface area (TPSA) is 12.0 Å². The molecule has 0 aliphatic carbocycles. The summed E-state index contributed by atoms with van der Waals surface area (Å²) in [6.45, 7) is 5.35. The smallest absolute Gasteiger partial charge is 0.308 e. The Morgan fingerprint density at radius 1 is 0.607 bits per heavy atom. The van der Waals surface area contributed by atoms with Gasteiger partial charge in [0.25, 0.3) is 0 Å². The Kier molecular flexibility index (Phi) is 13.5. The summed E-state index contributed by atoms with van der Waals surface area (Å²) >= 11 is 0. The van der Waals surface area contributed by atoms with Gasteiger partial charge in [-0.25, -0.2) is 0 Å². The van der Waals surface area contributed by atoms with Crippen molar-refractivity contribution in [1.82, 2.24) is 5.32 Å². The molecule has 7 heteroatoms. The van der Waals surface area contributed by atoms with E-state index in [9.17, 15) is 26.3 Å². The molecule has 1 N–H and O–H groups in total. The zero-order valence-corrected chi connectivity index (χ0v) is 17.7. The minimum Gasteiger partial charge on any atom is -0.308 e. The molecule has 0 aromatic rings. The van der Waals surface area contributed by atoms with Gasteiger partial charge in [0.15, 0.2) is 0 Å². The number of unbranched alkanes of at least 4 members (excludes halogenated alkanes) is 10. The van der Waals surface area contributed by atoms with E-state index in [0.717, 1.165) is 25.7 Å². The van der Waals surface area contributed by atoms with Gasteiger partial charge in [-0.15, -0.1) is 0 Å². The number of alkyl halides is 6. The Morgan fingerprint density at radius 2 is 0.964 bits per heavy atom. The summed E-state index contributed by atoms with van der Waals surface area (Å²) in [5.41, 5.74) is -1.97. The zero-order valence-electron chi connectivity index (χ0n) is 17.7. The standard InChI is InChI=1S/C21H39F6N/c1-4-5-6-7-8-9-10-11-12-13-14-15-19(28-18(2)3,16-20(22,23)24)17-21(25,26)27/h18,28H,4-17H2,1-3H3. The van der Waals surface area contributed by atoms with Crippen LogP contribution in [0.4, 0.5) is 26.3 Å². The zero-order chi connectivity index (χ0) is 21.7. The second kappa shape index (κ2) is 13.7. The van der Waals surface area contributed by atoms with Crippen molar-refractivity contribution in [3.63, 3.8) is 0 Å². The first-order chi connectivity index (χ1) is 12.9. The molecule has 170 valence electrons. The minimum absolute atomic E-state index is 0.110. The SMILES string of the molecule is CCCCCCCCCCCCCC(CC(F)(F)F)(CC(F)(F)F)NC(C)C. The van der Waals surface area contributed by atoms with Crippen LogP contribution in [0.5, 0.6) is 0 Å². The lowest BCUT2D eigenvalue weighted by atomic mass is 9.84. The number of halogens is 6. The molecule has 0 fully saturated rings. The minimum atomic E-state index is -4.63. The average Bonchev–Trinajstić information content (AvgIpc) is 2.48. The van der Waals surface area contributed by atoms with E-state index in [4.69, 9.17) is 0 Å². The summed E-state index contributed by atoms with van der Waals surface area (Å²) in [5, 5.41) is 2.60. The van der Waals surface area contributed by atoms with Gasteiger partial charge in [0.1, 0.15) is 0 Å². The van der Waals surface area contributed by atoms with Crippen molar-refractivity contribution >= 4 is 0 Å². The third kappa shape index (κ3) is 16.5. The van der Waals surface area contributed by atoms with E-state index in [0.29, 0.717) is 12.8 Å². The normalized spacial score (nSPS) is 13.5. The Balaban J connectivity index is 4.40. The van der Waals surface area contributed by atoms with Gasteiger partial charge in [-0.2, -0.15) is 26.3 Å². The van der Waals surface area contributed by atoms with Crippen LogP contribution >= 0.6 is 0 Å². The largest absolute Gasteiger partial charge is 0.390 e. The number of hydrogen-bond donors (Lipinski definition) is 1. The predicted molar refractivity (Wildman–Crippen MR) is 103 cm³/mol. The third-order valence-electron chi connectivity index (χ3n) is 4.93. The molecule has 0 atom stereocenters. The summed E-state index contributed by atoms with van der Waals surface area (Å²) in [4.78, 5) is 0. The van der Waals surface area contributed by atoms with Crippen molar-refractivity contribution in [2.45, 2.75) is 135 Å². The molecule has 0 aromatic heterocycles. The summed E-state index contributed by atoms with van der Waals surface area (Å²) < 4.78 is 78.0. The molecular formula is C21H39F6N. The molecule has 0 saturated carbocycles. The maximum absolute atomic E-state index is 13.0. The first kappa shape index (κ1) is 27.5. The van der Waals surface area contributed by atoms with Crippen molar-refractivity contribution < 1.29 is 26.3 Å². The maximum atomic E-state index is 13.0. The monoisotopic (exact) mass is 419 g/mol. The van der Waals surface area contributed by atoms with Gasteiger partial charge in [0.05, 0.1) is 12.8 Å². The van der Waals surface area contributed by atoms with E-state index in [1.165, 1.54) is 32.1 Å². The molecule has 0 unspecified atom stereocenters. The van der Waals surface area contributed by atoms with Crippen LogP contribution in [0, 0.1) is 0 Å². The van der Waals surface area contributed by atoms with Gasteiger partial charge >= 0.3 is 12.4 Å². The van der Waals surface area contributed by atoms with Crippen LogP contribution < -0.4 is 5.32 Å². The molecule has 0 heterocycles. The Hall–Kier alpha value is -0.460. The van der Waals surface area contributed by atoms with Gasteiger partial charge in [-0.3, -0.25) is 0 Å². The highest BCUT2D eigenvalue weighted by Gasteiger charge is 2.48. The fraction of sp³-hybridized carbons (Fsp3) is 1.00. The number of nitrogens with one attached hydrogen (secondary N) is 1. The molecule has 0 aliphatic rings. The second-order valence-electron chi connectivity index (χ2n) is 8.45. The van der Waals surface area contributed by atoms with E-state index in [-0.39, 0.29) is 6.42 Å². The molecule has 28 heavy (non-hydrogen) atoms. The predicted octanol–water partition coefficient (Wildman–Crippen LogP) is 8.33. The highest BCUT2D eigenvalue weighted by Crippen LogP contribution is 2.39. The van der Waals surface area contributed by atoms with E-state index in [1.807, 2.05) is 0 Å². The first-order valence-corrected chi connectivity index (χ1v) is 10.8. The second-order valence-corrected chi connectivity index (χ2v) is 8.45. The van der Waals surface area contributed by atoms with Gasteiger partial charge in [-0.1, -0.05) is 91.4 Å². The van der Waals surface area contributed by atoms with Crippen LogP contribution in [-0.2, 0) is 0 Å². The lowest BCUT2D eigenvalue weighted by Gasteiger charge is -2.38. The van der Waals surface area contributed by atoms with E-state index < -0.39 is 36.8 Å². The Morgan fingerprint density at radius 3 is 1.29 bits per heavy atom. The molecule has 0 amide bonds. The quantitative estimate of drug-likeness (QED) is 0.196. The molecule has 0 radical (unpaired) electrons. The first-order valence-electron chi connectivity index (χ1n) is 10.8.